The number of ether oxygens (including phenoxy) is 1. The first-order chi connectivity index (χ1) is 14.3. The first-order valence-electron chi connectivity index (χ1n) is 10.3. The molecule has 1 unspecified atom stereocenters. The van der Waals surface area contributed by atoms with Gasteiger partial charge in [-0.2, -0.15) is 0 Å². The van der Waals surface area contributed by atoms with Gasteiger partial charge in [0.2, 0.25) is 10.0 Å². The minimum absolute atomic E-state index is 0.0639. The highest BCUT2D eigenvalue weighted by atomic mass is 127. The lowest BCUT2D eigenvalue weighted by Crippen LogP contribution is -2.37. The zero-order chi connectivity index (χ0) is 22.2. The van der Waals surface area contributed by atoms with Crippen LogP contribution in [-0.2, 0) is 21.1 Å². The molecule has 2 aromatic rings. The number of benzene rings is 2. The summed E-state index contributed by atoms with van der Waals surface area (Å²) in [6.45, 7) is 7.01. The van der Waals surface area contributed by atoms with Crippen molar-refractivity contribution in [2.75, 3.05) is 11.5 Å². The second-order valence-electron chi connectivity index (χ2n) is 7.19. The van der Waals surface area contributed by atoms with Gasteiger partial charge in [0.05, 0.1) is 6.10 Å². The highest BCUT2D eigenvalue weighted by Gasteiger charge is 2.32. The number of hydrogen-bond acceptors (Lipinski definition) is 4. The van der Waals surface area contributed by atoms with Gasteiger partial charge in [0.25, 0.3) is 0 Å². The van der Waals surface area contributed by atoms with Crippen molar-refractivity contribution in [3.63, 3.8) is 0 Å². The molecule has 0 aliphatic heterocycles. The molecule has 5 nitrogen and oxygen atoms in total. The highest BCUT2D eigenvalue weighted by molar-refractivity contribution is 14.1. The summed E-state index contributed by atoms with van der Waals surface area (Å²) in [4.78, 5) is 0.141. The molecule has 1 atom stereocenters. The largest absolute Gasteiger partial charge is 0.487 e. The SMILES string of the molecule is CC[Si](CC)(CC)OC(CI)c1cccc(COc2ccccc2S(=O)(=O)NC)c1. The molecule has 2 aromatic carbocycles. The Kier molecular flexibility index (Phi) is 9.80. The van der Waals surface area contributed by atoms with Crippen LogP contribution >= 0.6 is 22.6 Å². The van der Waals surface area contributed by atoms with Gasteiger partial charge in [-0.1, -0.05) is 73.7 Å². The predicted molar refractivity (Wildman–Crippen MR) is 133 cm³/mol. The summed E-state index contributed by atoms with van der Waals surface area (Å²) in [7, 11) is -3.90. The lowest BCUT2D eigenvalue weighted by atomic mass is 10.1. The molecular formula is C22H32INO4SSi. The summed E-state index contributed by atoms with van der Waals surface area (Å²) < 4.78 is 40.3. The van der Waals surface area contributed by atoms with Crippen molar-refractivity contribution >= 4 is 40.9 Å². The lowest BCUT2D eigenvalue weighted by Gasteiger charge is -2.33. The van der Waals surface area contributed by atoms with Crippen LogP contribution in [0.4, 0.5) is 0 Å². The van der Waals surface area contributed by atoms with E-state index in [0.717, 1.165) is 33.7 Å². The second kappa shape index (κ2) is 11.6. The maximum atomic E-state index is 12.2. The molecular weight excluding hydrogens is 529 g/mol. The molecule has 0 fully saturated rings. The second-order valence-corrected chi connectivity index (χ2v) is 14.7. The third-order valence-corrected chi connectivity index (χ3v) is 12.5. The van der Waals surface area contributed by atoms with E-state index in [1.54, 1.807) is 24.3 Å². The van der Waals surface area contributed by atoms with Crippen molar-refractivity contribution in [3.05, 3.63) is 59.7 Å². The third-order valence-electron chi connectivity index (χ3n) is 5.59. The van der Waals surface area contributed by atoms with E-state index in [1.807, 2.05) is 12.1 Å². The van der Waals surface area contributed by atoms with E-state index >= 15 is 0 Å². The van der Waals surface area contributed by atoms with E-state index in [1.165, 1.54) is 7.05 Å². The normalized spacial score (nSPS) is 13.2. The quantitative estimate of drug-likeness (QED) is 0.206. The van der Waals surface area contributed by atoms with Gasteiger partial charge in [-0.3, -0.25) is 0 Å². The van der Waals surface area contributed by atoms with Gasteiger partial charge in [-0.15, -0.1) is 0 Å². The molecule has 1 N–H and O–H groups in total. The lowest BCUT2D eigenvalue weighted by molar-refractivity contribution is 0.217. The summed E-state index contributed by atoms with van der Waals surface area (Å²) in [6, 6.07) is 18.2. The van der Waals surface area contributed by atoms with Crippen molar-refractivity contribution in [1.82, 2.24) is 4.72 Å². The molecule has 166 valence electrons. The Hall–Kier alpha value is -0.943. The number of nitrogens with one attached hydrogen (secondary N) is 1. The molecule has 0 heterocycles. The maximum absolute atomic E-state index is 12.2. The van der Waals surface area contributed by atoms with Crippen molar-refractivity contribution in [2.45, 2.75) is 56.5 Å². The summed E-state index contributed by atoms with van der Waals surface area (Å²) in [5, 5.41) is 0. The van der Waals surface area contributed by atoms with Crippen LogP contribution in [0.5, 0.6) is 5.75 Å². The number of hydrogen-bond donors (Lipinski definition) is 1. The first kappa shape index (κ1) is 25.3. The van der Waals surface area contributed by atoms with Crippen molar-refractivity contribution < 1.29 is 17.6 Å². The van der Waals surface area contributed by atoms with E-state index < -0.39 is 18.3 Å². The van der Waals surface area contributed by atoms with Crippen molar-refractivity contribution in [3.8, 4) is 5.75 Å². The molecule has 0 spiro atoms. The molecule has 0 aliphatic carbocycles. The Balaban J connectivity index is 2.20. The minimum atomic E-state index is -3.58. The number of halogens is 1. The van der Waals surface area contributed by atoms with Crippen LogP contribution in [0.15, 0.2) is 53.4 Å². The van der Waals surface area contributed by atoms with Crippen LogP contribution in [0.2, 0.25) is 18.1 Å². The summed E-state index contributed by atoms with van der Waals surface area (Å²) in [5.41, 5.74) is 2.13. The number of sulfonamides is 1. The van der Waals surface area contributed by atoms with Crippen LogP contribution in [-0.4, -0.2) is 28.2 Å². The molecule has 8 heteroatoms. The van der Waals surface area contributed by atoms with E-state index in [2.05, 4.69) is 60.2 Å². The summed E-state index contributed by atoms with van der Waals surface area (Å²) in [5.74, 6) is 0.341. The zero-order valence-electron chi connectivity index (χ0n) is 18.2. The van der Waals surface area contributed by atoms with Gasteiger partial charge in [-0.05, 0) is 54.5 Å². The zero-order valence-corrected chi connectivity index (χ0v) is 22.1. The van der Waals surface area contributed by atoms with Crippen LogP contribution in [0.25, 0.3) is 0 Å². The highest BCUT2D eigenvalue weighted by Crippen LogP contribution is 2.31. The Bertz CT molecular complexity index is 911. The topological polar surface area (TPSA) is 64.6 Å². The standard InChI is InChI=1S/C22H32INO4SSi/c1-5-30(6-2,7-3)28-21(16-23)19-12-10-11-18(15-19)17-27-20-13-8-9-14-22(20)29(25,26)24-4/h8-15,21,24H,5-7,16-17H2,1-4H3. The maximum Gasteiger partial charge on any atom is 0.243 e. The van der Waals surface area contributed by atoms with Gasteiger partial charge < -0.3 is 9.16 Å². The van der Waals surface area contributed by atoms with Gasteiger partial charge in [0.1, 0.15) is 17.3 Å². The molecule has 2 rings (SSSR count). The molecule has 0 radical (unpaired) electrons. The number of para-hydroxylation sites is 1. The number of alkyl halides is 1. The first-order valence-corrected chi connectivity index (χ1v) is 15.9. The fourth-order valence-corrected chi connectivity index (χ4v) is 8.16. The van der Waals surface area contributed by atoms with Gasteiger partial charge in [0, 0.05) is 4.43 Å². The van der Waals surface area contributed by atoms with Crippen LogP contribution in [0.1, 0.15) is 38.0 Å². The third kappa shape index (κ3) is 6.29. The van der Waals surface area contributed by atoms with Crippen LogP contribution < -0.4 is 9.46 Å². The smallest absolute Gasteiger partial charge is 0.243 e. The summed E-state index contributed by atoms with van der Waals surface area (Å²) in [6.07, 6.45) is 0.0639. The van der Waals surface area contributed by atoms with Gasteiger partial charge in [0.15, 0.2) is 8.32 Å². The Morgan fingerprint density at radius 2 is 1.70 bits per heavy atom. The molecule has 0 bridgehead atoms. The average molecular weight is 562 g/mol. The van der Waals surface area contributed by atoms with Crippen molar-refractivity contribution in [2.24, 2.45) is 0 Å². The van der Waals surface area contributed by atoms with Gasteiger partial charge in [-0.25, -0.2) is 13.1 Å². The van der Waals surface area contributed by atoms with Crippen molar-refractivity contribution in [1.29, 1.82) is 0 Å². The summed E-state index contributed by atoms with van der Waals surface area (Å²) >= 11 is 2.39. The molecule has 0 saturated carbocycles. The monoisotopic (exact) mass is 561 g/mol. The Labute approximate surface area is 195 Å². The van der Waals surface area contributed by atoms with E-state index in [0.29, 0.717) is 5.75 Å². The van der Waals surface area contributed by atoms with E-state index in [9.17, 15) is 8.42 Å². The van der Waals surface area contributed by atoms with Gasteiger partial charge >= 0.3 is 0 Å². The minimum Gasteiger partial charge on any atom is -0.487 e. The Morgan fingerprint density at radius 3 is 2.30 bits per heavy atom. The Morgan fingerprint density at radius 1 is 1.03 bits per heavy atom. The molecule has 0 aromatic heterocycles. The molecule has 0 amide bonds. The number of rotatable bonds is 12. The van der Waals surface area contributed by atoms with Crippen LogP contribution in [0.3, 0.4) is 0 Å². The fourth-order valence-electron chi connectivity index (χ4n) is 3.44. The fraction of sp³-hybridized carbons (Fsp3) is 0.455. The molecule has 0 saturated heterocycles. The predicted octanol–water partition coefficient (Wildman–Crippen LogP) is 5.67. The van der Waals surface area contributed by atoms with Crippen LogP contribution in [0, 0.1) is 0 Å². The van der Waals surface area contributed by atoms with E-state index in [-0.39, 0.29) is 17.6 Å². The molecule has 0 aliphatic rings. The molecule has 30 heavy (non-hydrogen) atoms. The average Bonchev–Trinajstić information content (AvgIpc) is 2.79. The van der Waals surface area contributed by atoms with E-state index in [4.69, 9.17) is 9.16 Å².